The van der Waals surface area contributed by atoms with Gasteiger partial charge in [-0.3, -0.25) is 0 Å². The summed E-state index contributed by atoms with van der Waals surface area (Å²) in [6.07, 6.45) is 4.62. The first-order valence-corrected chi connectivity index (χ1v) is 6.26. The number of anilines is 1. The molecule has 0 radical (unpaired) electrons. The van der Waals surface area contributed by atoms with Gasteiger partial charge in [-0.05, 0) is 30.7 Å². The van der Waals surface area contributed by atoms with Crippen LogP contribution in [0.4, 0.5) is 10.5 Å². The highest BCUT2D eigenvalue weighted by atomic mass is 16.5. The van der Waals surface area contributed by atoms with Crippen LogP contribution in [0.5, 0.6) is 0 Å². The average molecular weight is 274 g/mol. The van der Waals surface area contributed by atoms with Gasteiger partial charge in [-0.2, -0.15) is 0 Å². The highest BCUT2D eigenvalue weighted by molar-refractivity contribution is 5.90. The number of nitrogens with one attached hydrogen (secondary N) is 2. The number of amides is 2. The second kappa shape index (κ2) is 8.53. The lowest BCUT2D eigenvalue weighted by molar-refractivity contribution is -0.137. The van der Waals surface area contributed by atoms with E-state index in [1.54, 1.807) is 43.3 Å². The lowest BCUT2D eigenvalue weighted by atomic mass is 10.2. The molecule has 0 aliphatic heterocycles. The zero-order valence-electron chi connectivity index (χ0n) is 11.4. The molecule has 0 fully saturated rings. The topological polar surface area (TPSA) is 67.4 Å². The first-order chi connectivity index (χ1) is 9.65. The maximum absolute atomic E-state index is 11.4. The number of hydrogen-bond donors (Lipinski definition) is 2. The molecule has 1 aromatic carbocycles. The monoisotopic (exact) mass is 274 g/mol. The van der Waals surface area contributed by atoms with E-state index < -0.39 is 0 Å². The van der Waals surface area contributed by atoms with Gasteiger partial charge in [0.05, 0.1) is 6.61 Å². The van der Waals surface area contributed by atoms with Crippen LogP contribution in [0.15, 0.2) is 43.0 Å². The van der Waals surface area contributed by atoms with E-state index in [1.165, 1.54) is 6.08 Å². The molecule has 1 rings (SSSR count). The molecule has 0 aliphatic carbocycles. The van der Waals surface area contributed by atoms with Crippen molar-refractivity contribution in [2.45, 2.75) is 6.92 Å². The Labute approximate surface area is 118 Å². The van der Waals surface area contributed by atoms with Crippen LogP contribution in [-0.4, -0.2) is 25.2 Å². The van der Waals surface area contributed by atoms with E-state index in [9.17, 15) is 9.59 Å². The predicted molar refractivity (Wildman–Crippen MR) is 79.3 cm³/mol. The van der Waals surface area contributed by atoms with Crippen molar-refractivity contribution in [2.75, 3.05) is 18.5 Å². The summed E-state index contributed by atoms with van der Waals surface area (Å²) in [7, 11) is 0. The molecule has 5 heteroatoms. The smallest absolute Gasteiger partial charge is 0.330 e. The van der Waals surface area contributed by atoms with Crippen LogP contribution < -0.4 is 10.6 Å². The largest absolute Gasteiger partial charge is 0.463 e. The van der Waals surface area contributed by atoms with Gasteiger partial charge in [0.2, 0.25) is 0 Å². The van der Waals surface area contributed by atoms with E-state index in [4.69, 9.17) is 4.74 Å². The van der Waals surface area contributed by atoms with Crippen LogP contribution in [0.1, 0.15) is 12.5 Å². The van der Waals surface area contributed by atoms with Gasteiger partial charge in [-0.25, -0.2) is 9.59 Å². The van der Waals surface area contributed by atoms with E-state index >= 15 is 0 Å². The molecule has 0 aliphatic rings. The van der Waals surface area contributed by atoms with E-state index in [0.717, 1.165) is 5.56 Å². The Morgan fingerprint density at radius 1 is 1.30 bits per heavy atom. The summed E-state index contributed by atoms with van der Waals surface area (Å²) in [5.74, 6) is -0.376. The molecule has 106 valence electrons. The van der Waals surface area contributed by atoms with Crippen LogP contribution in [0, 0.1) is 0 Å². The fraction of sp³-hybridized carbons (Fsp3) is 0.200. The minimum absolute atomic E-state index is 0.292. The third-order valence-electron chi connectivity index (χ3n) is 2.27. The lowest BCUT2D eigenvalue weighted by Crippen LogP contribution is -2.28. The van der Waals surface area contributed by atoms with Crippen LogP contribution >= 0.6 is 0 Å². The van der Waals surface area contributed by atoms with Gasteiger partial charge in [0.15, 0.2) is 0 Å². The van der Waals surface area contributed by atoms with Gasteiger partial charge in [0.25, 0.3) is 0 Å². The highest BCUT2D eigenvalue weighted by Crippen LogP contribution is 2.10. The summed E-state index contributed by atoms with van der Waals surface area (Å²) in [6.45, 7) is 6.03. The molecule has 1 aromatic rings. The Morgan fingerprint density at radius 3 is 2.60 bits per heavy atom. The number of carbonyl (C=O) groups excluding carboxylic acids is 2. The molecular formula is C15H18N2O3. The Balaban J connectivity index is 2.53. The number of rotatable bonds is 6. The quantitative estimate of drug-likeness (QED) is 0.476. The number of carbonyl (C=O) groups is 2. The standard InChI is InChI=1S/C15H18N2O3/c1-3-11-16-15(19)17-13-8-5-12(6-9-13)7-10-14(18)20-4-2/h3,5-10H,1,4,11H2,2H3,(H2,16,17,19)/b10-7+. The average Bonchev–Trinajstić information content (AvgIpc) is 2.45. The summed E-state index contributed by atoms with van der Waals surface area (Å²) in [5.41, 5.74) is 1.51. The highest BCUT2D eigenvalue weighted by Gasteiger charge is 1.99. The van der Waals surface area contributed by atoms with Gasteiger partial charge in [-0.1, -0.05) is 18.2 Å². The number of esters is 1. The van der Waals surface area contributed by atoms with E-state index in [2.05, 4.69) is 17.2 Å². The first kappa shape index (κ1) is 15.5. The van der Waals surface area contributed by atoms with Crippen molar-refractivity contribution in [3.8, 4) is 0 Å². The minimum atomic E-state index is -0.376. The normalized spacial score (nSPS) is 10.1. The van der Waals surface area contributed by atoms with Crippen molar-refractivity contribution in [3.63, 3.8) is 0 Å². The van der Waals surface area contributed by atoms with Crippen LogP contribution in [0.3, 0.4) is 0 Å². The molecule has 5 nitrogen and oxygen atoms in total. The molecule has 0 heterocycles. The molecule has 0 unspecified atom stereocenters. The minimum Gasteiger partial charge on any atom is -0.463 e. The maximum atomic E-state index is 11.4. The third-order valence-corrected chi connectivity index (χ3v) is 2.27. The van der Waals surface area contributed by atoms with Crippen molar-refractivity contribution in [2.24, 2.45) is 0 Å². The fourth-order valence-electron chi connectivity index (χ4n) is 1.37. The second-order valence-corrected chi connectivity index (χ2v) is 3.83. The molecule has 0 spiro atoms. The Kier molecular flexibility index (Phi) is 6.61. The van der Waals surface area contributed by atoms with Crippen molar-refractivity contribution in [1.29, 1.82) is 0 Å². The zero-order chi connectivity index (χ0) is 14.8. The van der Waals surface area contributed by atoms with Crippen LogP contribution in [0.2, 0.25) is 0 Å². The molecule has 20 heavy (non-hydrogen) atoms. The van der Waals surface area contributed by atoms with Crippen molar-refractivity contribution >= 4 is 23.8 Å². The van der Waals surface area contributed by atoms with Crippen molar-refractivity contribution < 1.29 is 14.3 Å². The van der Waals surface area contributed by atoms with Crippen LogP contribution in [-0.2, 0) is 9.53 Å². The Bertz CT molecular complexity index is 492. The SMILES string of the molecule is C=CCNC(=O)Nc1ccc(/C=C/C(=O)OCC)cc1. The summed E-state index contributed by atoms with van der Waals surface area (Å²) in [4.78, 5) is 22.5. The summed E-state index contributed by atoms with van der Waals surface area (Å²) >= 11 is 0. The third kappa shape index (κ3) is 5.86. The summed E-state index contributed by atoms with van der Waals surface area (Å²) in [5, 5.41) is 5.28. The van der Waals surface area contributed by atoms with Gasteiger partial charge in [-0.15, -0.1) is 6.58 Å². The molecule has 0 atom stereocenters. The molecule has 0 saturated heterocycles. The van der Waals surface area contributed by atoms with E-state index in [-0.39, 0.29) is 12.0 Å². The first-order valence-electron chi connectivity index (χ1n) is 6.26. The van der Waals surface area contributed by atoms with Gasteiger partial charge in [0.1, 0.15) is 0 Å². The molecular weight excluding hydrogens is 256 g/mol. The maximum Gasteiger partial charge on any atom is 0.330 e. The molecule has 0 saturated carbocycles. The molecule has 2 amide bonds. The van der Waals surface area contributed by atoms with Crippen molar-refractivity contribution in [1.82, 2.24) is 5.32 Å². The van der Waals surface area contributed by atoms with E-state index in [1.807, 2.05) is 0 Å². The van der Waals surface area contributed by atoms with Crippen molar-refractivity contribution in [3.05, 3.63) is 48.6 Å². The molecule has 0 aromatic heterocycles. The molecule has 2 N–H and O–H groups in total. The summed E-state index contributed by atoms with van der Waals surface area (Å²) in [6, 6.07) is 6.79. The van der Waals surface area contributed by atoms with Gasteiger partial charge in [0, 0.05) is 18.3 Å². The predicted octanol–water partition coefficient (Wildman–Crippen LogP) is 2.57. The van der Waals surface area contributed by atoms with Gasteiger partial charge < -0.3 is 15.4 Å². The van der Waals surface area contributed by atoms with Gasteiger partial charge >= 0.3 is 12.0 Å². The van der Waals surface area contributed by atoms with Crippen LogP contribution in [0.25, 0.3) is 6.08 Å². The molecule has 0 bridgehead atoms. The Hall–Kier alpha value is -2.56. The fourth-order valence-corrected chi connectivity index (χ4v) is 1.37. The zero-order valence-corrected chi connectivity index (χ0v) is 11.4. The number of urea groups is 1. The van der Waals surface area contributed by atoms with E-state index in [0.29, 0.717) is 18.8 Å². The lowest BCUT2D eigenvalue weighted by Gasteiger charge is -2.05. The number of benzene rings is 1. The number of hydrogen-bond acceptors (Lipinski definition) is 3. The Morgan fingerprint density at radius 2 is 2.00 bits per heavy atom. The second-order valence-electron chi connectivity index (χ2n) is 3.83. The number of ether oxygens (including phenoxy) is 1. The summed E-state index contributed by atoms with van der Waals surface area (Å²) < 4.78 is 4.78.